The Morgan fingerprint density at radius 1 is 0.325 bits per heavy atom. The van der Waals surface area contributed by atoms with Crippen LogP contribution >= 0.6 is 0 Å². The second-order valence-electron chi connectivity index (χ2n) is 24.1. The topological polar surface area (TPSA) is 145 Å². The molecule has 460 valence electrons. The first-order valence-electron chi connectivity index (χ1n) is 33.2. The maximum atomic E-state index is 12.8. The van der Waals surface area contributed by atoms with Crippen LogP contribution in [0.4, 0.5) is 22.7 Å². The molecule has 0 spiro atoms. The van der Waals surface area contributed by atoms with Crippen molar-refractivity contribution in [1.82, 2.24) is 0 Å². The van der Waals surface area contributed by atoms with Crippen molar-refractivity contribution in [3.63, 3.8) is 0 Å². The second kappa shape index (κ2) is 42.1. The SMILES string of the molecule is CCCCCCCCCCCCCCCCCCCCCC1(S(=O)(=O)[O-])Nc2ccccc2N1Cc1ccccc1.CCCCCCCCCCCCCCCCCCCCCC1(S(=O)(=O)[O-])Nc2ccccc2N1Cc1ccccc1.[Ca+2]. The number of unbranched alkanes of at least 4 members (excludes halogenated alkanes) is 36. The number of para-hydroxylation sites is 4. The van der Waals surface area contributed by atoms with Crippen LogP contribution in [-0.4, -0.2) is 73.7 Å². The molecule has 0 aromatic heterocycles. The summed E-state index contributed by atoms with van der Waals surface area (Å²) in [5.74, 6) is 0. The molecule has 0 bridgehead atoms. The van der Waals surface area contributed by atoms with Gasteiger partial charge in [-0.2, -0.15) is 0 Å². The third-order valence-corrected chi connectivity index (χ3v) is 20.1. The van der Waals surface area contributed by atoms with E-state index in [-0.39, 0.29) is 50.6 Å². The molecule has 2 aliphatic rings. The number of hydrogen-bond acceptors (Lipinski definition) is 10. The fourth-order valence-corrected chi connectivity index (χ4v) is 14.6. The maximum Gasteiger partial charge on any atom is 2.00 e. The zero-order valence-electron chi connectivity index (χ0n) is 52.0. The minimum Gasteiger partial charge on any atom is -0.745 e. The van der Waals surface area contributed by atoms with Crippen LogP contribution in [0.2, 0.25) is 0 Å². The van der Waals surface area contributed by atoms with Gasteiger partial charge < -0.3 is 29.5 Å². The monoisotopic (exact) mass is 1210 g/mol. The molecule has 0 fully saturated rings. The summed E-state index contributed by atoms with van der Waals surface area (Å²) in [6.07, 6.45) is 49.6. The Kier molecular flexibility index (Phi) is 36.9. The maximum absolute atomic E-state index is 12.8. The van der Waals surface area contributed by atoms with Gasteiger partial charge in [-0.25, -0.2) is 16.8 Å². The predicted octanol–water partition coefficient (Wildman–Crippen LogP) is 19.9. The van der Waals surface area contributed by atoms with E-state index in [2.05, 4.69) is 24.5 Å². The Balaban J connectivity index is 0.000000352. The number of benzene rings is 4. The average Bonchev–Trinajstić information content (AvgIpc) is 3.30. The van der Waals surface area contributed by atoms with Crippen LogP contribution in [0.5, 0.6) is 0 Å². The molecule has 4 aromatic rings. The van der Waals surface area contributed by atoms with Crippen LogP contribution in [-0.2, 0) is 33.3 Å². The van der Waals surface area contributed by atoms with Crippen LogP contribution in [0, 0.1) is 0 Å². The van der Waals surface area contributed by atoms with E-state index in [9.17, 15) is 25.9 Å². The first-order chi connectivity index (χ1) is 40.0. The second-order valence-corrected chi connectivity index (χ2v) is 27.3. The number of anilines is 4. The molecule has 4 aromatic carbocycles. The van der Waals surface area contributed by atoms with Gasteiger partial charge in [-0.15, -0.1) is 0 Å². The van der Waals surface area contributed by atoms with Crippen molar-refractivity contribution in [1.29, 1.82) is 0 Å². The van der Waals surface area contributed by atoms with Crippen LogP contribution in [0.3, 0.4) is 0 Å². The van der Waals surface area contributed by atoms with Crippen molar-refractivity contribution >= 4 is 80.7 Å². The Labute approximate surface area is 536 Å². The Hall–Kier alpha value is -2.84. The third-order valence-electron chi connectivity index (χ3n) is 17.4. The summed E-state index contributed by atoms with van der Waals surface area (Å²) in [5.41, 5.74) is 4.92. The van der Waals surface area contributed by atoms with Crippen LogP contribution < -0.4 is 20.4 Å². The van der Waals surface area contributed by atoms with E-state index in [1.54, 1.807) is 9.80 Å². The Bertz CT molecular complexity index is 2330. The van der Waals surface area contributed by atoms with Gasteiger partial charge in [-0.3, -0.25) is 0 Å². The molecule has 0 saturated carbocycles. The fraction of sp³-hybridized carbons (Fsp3) is 0.657. The Morgan fingerprint density at radius 2 is 0.542 bits per heavy atom. The largest absolute Gasteiger partial charge is 2.00 e. The van der Waals surface area contributed by atoms with Crippen molar-refractivity contribution in [3.05, 3.63) is 120 Å². The zero-order chi connectivity index (χ0) is 58.5. The smallest absolute Gasteiger partial charge is 0.745 e. The van der Waals surface area contributed by atoms with Crippen LogP contribution in [0.1, 0.15) is 282 Å². The number of nitrogens with zero attached hydrogens (tertiary/aromatic N) is 2. The fourth-order valence-electron chi connectivity index (χ4n) is 12.5. The minimum absolute atomic E-state index is 0. The van der Waals surface area contributed by atoms with Gasteiger partial charge in [0, 0.05) is 25.9 Å². The molecule has 0 aliphatic carbocycles. The van der Waals surface area contributed by atoms with E-state index in [0.717, 1.165) is 48.2 Å². The van der Waals surface area contributed by atoms with Gasteiger partial charge in [-0.05, 0) is 48.2 Å². The van der Waals surface area contributed by atoms with Crippen LogP contribution in [0.25, 0.3) is 0 Å². The molecule has 0 saturated heterocycles. The quantitative estimate of drug-likeness (QED) is 0.0249. The van der Waals surface area contributed by atoms with Gasteiger partial charge in [0.2, 0.25) is 9.99 Å². The van der Waals surface area contributed by atoms with Gasteiger partial charge >= 0.3 is 37.7 Å². The van der Waals surface area contributed by atoms with Crippen molar-refractivity contribution in [3.8, 4) is 0 Å². The molecule has 6 rings (SSSR count). The summed E-state index contributed by atoms with van der Waals surface area (Å²) >= 11 is 0. The number of hydrogen-bond donors (Lipinski definition) is 2. The summed E-state index contributed by atoms with van der Waals surface area (Å²) in [7, 11) is -9.32. The molecule has 2 aliphatic heterocycles. The van der Waals surface area contributed by atoms with E-state index in [4.69, 9.17) is 0 Å². The van der Waals surface area contributed by atoms with Gasteiger partial charge in [0.25, 0.3) is 0 Å². The molecule has 2 heterocycles. The van der Waals surface area contributed by atoms with Gasteiger partial charge in [0.15, 0.2) is 0 Å². The van der Waals surface area contributed by atoms with Crippen molar-refractivity contribution in [2.45, 2.75) is 294 Å². The van der Waals surface area contributed by atoms with Crippen molar-refractivity contribution < 1.29 is 25.9 Å². The first kappa shape index (κ1) is 72.6. The predicted molar refractivity (Wildman–Crippen MR) is 352 cm³/mol. The van der Waals surface area contributed by atoms with E-state index in [1.165, 1.54) is 205 Å². The molecule has 13 heteroatoms. The van der Waals surface area contributed by atoms with Gasteiger partial charge in [0.05, 0.1) is 22.7 Å². The minimum atomic E-state index is -4.66. The van der Waals surface area contributed by atoms with E-state index < -0.39 is 30.2 Å². The molecule has 2 atom stereocenters. The van der Waals surface area contributed by atoms with Crippen molar-refractivity contribution in [2.75, 3.05) is 20.4 Å². The summed E-state index contributed by atoms with van der Waals surface area (Å²) in [6.45, 7) is 5.29. The molecular weight excluding hydrogens is 1100 g/mol. The first-order valence-corrected chi connectivity index (χ1v) is 36.1. The number of fused-ring (bicyclic) bond motifs is 2. The zero-order valence-corrected chi connectivity index (χ0v) is 55.8. The molecule has 0 radical (unpaired) electrons. The number of nitrogens with one attached hydrogen (secondary N) is 2. The van der Waals surface area contributed by atoms with E-state index >= 15 is 0 Å². The molecule has 83 heavy (non-hydrogen) atoms. The summed E-state index contributed by atoms with van der Waals surface area (Å²) in [4.78, 5) is 0.242. The average molecular weight is 1210 g/mol. The van der Waals surface area contributed by atoms with Crippen LogP contribution in [0.15, 0.2) is 109 Å². The van der Waals surface area contributed by atoms with Gasteiger partial charge in [-0.1, -0.05) is 330 Å². The summed E-state index contributed by atoms with van der Waals surface area (Å²) in [6, 6.07) is 34.6. The molecule has 2 N–H and O–H groups in total. The van der Waals surface area contributed by atoms with Crippen molar-refractivity contribution in [2.24, 2.45) is 0 Å². The third kappa shape index (κ3) is 25.8. The molecular formula is C70H110CaN4O6S2. The standard InChI is InChI=1S/2C35H56N2O3S.Ca/c2*1-2-3-4-5-6-7-8-9-10-11-12-13-14-15-16-17-18-19-25-30-35(41(38,39)40)36-33-28-23-24-29-34(33)37(35)31-32-26-21-20-22-27-32;/h2*20-24,26-29,36H,2-19,25,30-31H2,1H3,(H,38,39,40);/q;;+2/p-2. The summed E-state index contributed by atoms with van der Waals surface area (Å²) < 4.78 is 76.7. The molecule has 10 nitrogen and oxygen atoms in total. The normalized spacial score (nSPS) is 16.4. The molecule has 2 unspecified atom stereocenters. The van der Waals surface area contributed by atoms with E-state index in [1.807, 2.05) is 109 Å². The number of rotatable bonds is 46. The molecule has 0 amide bonds. The summed E-state index contributed by atoms with van der Waals surface area (Å²) in [5, 5.41) is 6.28. The Morgan fingerprint density at radius 3 is 0.783 bits per heavy atom. The van der Waals surface area contributed by atoms with Gasteiger partial charge in [0.1, 0.15) is 20.2 Å². The van der Waals surface area contributed by atoms with E-state index in [0.29, 0.717) is 37.3 Å².